The first kappa shape index (κ1) is 13.7. The zero-order chi connectivity index (χ0) is 12.0. The fourth-order valence-electron chi connectivity index (χ4n) is 1.74. The van der Waals surface area contributed by atoms with Crippen LogP contribution >= 0.6 is 11.3 Å². The van der Waals surface area contributed by atoms with Gasteiger partial charge >= 0.3 is 0 Å². The minimum Gasteiger partial charge on any atom is -0.315 e. The van der Waals surface area contributed by atoms with Crippen LogP contribution in [0.3, 0.4) is 0 Å². The van der Waals surface area contributed by atoms with Crippen LogP contribution in [-0.4, -0.2) is 31.1 Å². The van der Waals surface area contributed by atoms with Gasteiger partial charge in [-0.1, -0.05) is 13.0 Å². The molecule has 1 N–H and O–H groups in total. The van der Waals surface area contributed by atoms with Crippen LogP contribution in [0, 0.1) is 0 Å². The lowest BCUT2D eigenvalue weighted by molar-refractivity contribution is 0.196. The monoisotopic (exact) mass is 240 g/mol. The van der Waals surface area contributed by atoms with Gasteiger partial charge in [-0.25, -0.2) is 0 Å². The van der Waals surface area contributed by atoms with Crippen LogP contribution in [-0.2, 0) is 0 Å². The highest BCUT2D eigenvalue weighted by Gasteiger charge is 2.17. The number of nitrogens with one attached hydrogen (secondary N) is 1. The van der Waals surface area contributed by atoms with E-state index in [9.17, 15) is 0 Å². The molecule has 16 heavy (non-hydrogen) atoms. The van der Waals surface area contributed by atoms with Crippen LogP contribution in [0.15, 0.2) is 17.5 Å². The van der Waals surface area contributed by atoms with Gasteiger partial charge in [0.1, 0.15) is 0 Å². The molecule has 0 amide bonds. The van der Waals surface area contributed by atoms with Gasteiger partial charge in [-0.3, -0.25) is 4.90 Å². The highest BCUT2D eigenvalue weighted by atomic mass is 32.1. The van der Waals surface area contributed by atoms with Crippen molar-refractivity contribution in [2.45, 2.75) is 39.3 Å². The number of likely N-dealkylation sites (N-methyl/N-ethyl adjacent to an activating group) is 1. The third-order valence-corrected chi connectivity index (χ3v) is 4.17. The van der Waals surface area contributed by atoms with Crippen LogP contribution in [0.4, 0.5) is 0 Å². The van der Waals surface area contributed by atoms with E-state index in [4.69, 9.17) is 0 Å². The van der Waals surface area contributed by atoms with Crippen LogP contribution < -0.4 is 5.32 Å². The topological polar surface area (TPSA) is 15.3 Å². The molecule has 3 heteroatoms. The molecule has 1 rings (SSSR count). The number of hydrogen-bond acceptors (Lipinski definition) is 3. The number of nitrogens with zero attached hydrogens (tertiary/aromatic N) is 1. The molecule has 0 aliphatic rings. The van der Waals surface area contributed by atoms with E-state index in [0.717, 1.165) is 13.1 Å². The smallest absolute Gasteiger partial charge is 0.0413 e. The molecule has 92 valence electrons. The fourth-order valence-corrected chi connectivity index (χ4v) is 2.58. The zero-order valence-electron chi connectivity index (χ0n) is 10.9. The lowest BCUT2D eigenvalue weighted by atomic mass is 10.2. The molecule has 0 aromatic carbocycles. The molecule has 2 nitrogen and oxygen atoms in total. The van der Waals surface area contributed by atoms with Crippen molar-refractivity contribution in [3.63, 3.8) is 0 Å². The standard InChI is InChI=1S/C13H24N2S/c1-5-8-14-10-11(2)15(4)12(3)13-7-6-9-16-13/h6-7,9,11-12,14H,5,8,10H2,1-4H3. The molecule has 1 aromatic rings. The molecule has 1 heterocycles. The zero-order valence-corrected chi connectivity index (χ0v) is 11.7. The molecule has 0 aliphatic heterocycles. The van der Waals surface area contributed by atoms with Gasteiger partial charge in [0.15, 0.2) is 0 Å². The summed E-state index contributed by atoms with van der Waals surface area (Å²) < 4.78 is 0. The Morgan fingerprint density at radius 3 is 2.75 bits per heavy atom. The summed E-state index contributed by atoms with van der Waals surface area (Å²) in [5.74, 6) is 0. The molecule has 0 bridgehead atoms. The minimum absolute atomic E-state index is 0.512. The van der Waals surface area contributed by atoms with Gasteiger partial charge in [0, 0.05) is 23.5 Å². The van der Waals surface area contributed by atoms with Crippen molar-refractivity contribution in [3.8, 4) is 0 Å². The highest BCUT2D eigenvalue weighted by Crippen LogP contribution is 2.24. The molecule has 0 fully saturated rings. The van der Waals surface area contributed by atoms with Gasteiger partial charge < -0.3 is 5.32 Å². The predicted molar refractivity (Wildman–Crippen MR) is 73.1 cm³/mol. The second kappa shape index (κ2) is 7.05. The molecular formula is C13H24N2S. The van der Waals surface area contributed by atoms with Gasteiger partial charge in [-0.15, -0.1) is 11.3 Å². The van der Waals surface area contributed by atoms with Crippen molar-refractivity contribution >= 4 is 11.3 Å². The third kappa shape index (κ3) is 3.89. The average molecular weight is 240 g/mol. The van der Waals surface area contributed by atoms with E-state index in [1.807, 2.05) is 11.3 Å². The van der Waals surface area contributed by atoms with Crippen molar-refractivity contribution in [2.75, 3.05) is 20.1 Å². The first-order valence-corrected chi connectivity index (χ1v) is 7.00. The lowest BCUT2D eigenvalue weighted by Gasteiger charge is -2.30. The van der Waals surface area contributed by atoms with E-state index in [1.165, 1.54) is 11.3 Å². The van der Waals surface area contributed by atoms with Crippen molar-refractivity contribution in [3.05, 3.63) is 22.4 Å². The van der Waals surface area contributed by atoms with Crippen LogP contribution in [0.2, 0.25) is 0 Å². The van der Waals surface area contributed by atoms with E-state index in [0.29, 0.717) is 12.1 Å². The first-order chi connectivity index (χ1) is 7.66. The summed E-state index contributed by atoms with van der Waals surface area (Å²) in [4.78, 5) is 3.89. The molecule has 0 spiro atoms. The second-order valence-corrected chi connectivity index (χ2v) is 5.39. The normalized spacial score (nSPS) is 15.3. The Hall–Kier alpha value is -0.380. The average Bonchev–Trinajstić information content (AvgIpc) is 2.80. The van der Waals surface area contributed by atoms with Crippen molar-refractivity contribution in [2.24, 2.45) is 0 Å². The Morgan fingerprint density at radius 1 is 1.44 bits per heavy atom. The number of rotatable bonds is 7. The molecule has 0 saturated heterocycles. The van der Waals surface area contributed by atoms with E-state index < -0.39 is 0 Å². The maximum absolute atomic E-state index is 3.48. The Bertz CT molecular complexity index is 271. The maximum atomic E-state index is 3.48. The summed E-state index contributed by atoms with van der Waals surface area (Å²) in [5.41, 5.74) is 0. The third-order valence-electron chi connectivity index (χ3n) is 3.13. The predicted octanol–water partition coefficient (Wildman–Crippen LogP) is 3.13. The largest absolute Gasteiger partial charge is 0.315 e. The SMILES string of the molecule is CCCNCC(C)N(C)C(C)c1cccs1. The lowest BCUT2D eigenvalue weighted by Crippen LogP contribution is -2.39. The molecular weight excluding hydrogens is 216 g/mol. The van der Waals surface area contributed by atoms with Gasteiger partial charge in [-0.2, -0.15) is 0 Å². The fraction of sp³-hybridized carbons (Fsp3) is 0.692. The number of hydrogen-bond donors (Lipinski definition) is 1. The van der Waals surface area contributed by atoms with E-state index in [-0.39, 0.29) is 0 Å². The van der Waals surface area contributed by atoms with Crippen LogP contribution in [0.5, 0.6) is 0 Å². The van der Waals surface area contributed by atoms with Crippen molar-refractivity contribution < 1.29 is 0 Å². The summed E-state index contributed by atoms with van der Waals surface area (Å²) in [6.45, 7) is 8.95. The van der Waals surface area contributed by atoms with Crippen molar-refractivity contribution in [1.82, 2.24) is 10.2 Å². The summed E-state index contributed by atoms with van der Waals surface area (Å²) in [7, 11) is 2.21. The van der Waals surface area contributed by atoms with E-state index >= 15 is 0 Å². The highest BCUT2D eigenvalue weighted by molar-refractivity contribution is 7.10. The van der Waals surface area contributed by atoms with Crippen molar-refractivity contribution in [1.29, 1.82) is 0 Å². The Balaban J connectivity index is 2.40. The Morgan fingerprint density at radius 2 is 2.19 bits per heavy atom. The summed E-state index contributed by atoms with van der Waals surface area (Å²) >= 11 is 1.84. The van der Waals surface area contributed by atoms with E-state index in [1.54, 1.807) is 0 Å². The minimum atomic E-state index is 0.512. The first-order valence-electron chi connectivity index (χ1n) is 6.12. The molecule has 1 aromatic heterocycles. The van der Waals surface area contributed by atoms with Gasteiger partial charge in [0.05, 0.1) is 0 Å². The molecule has 0 saturated carbocycles. The molecule has 2 unspecified atom stereocenters. The van der Waals surface area contributed by atoms with Crippen LogP contribution in [0.25, 0.3) is 0 Å². The maximum Gasteiger partial charge on any atom is 0.0413 e. The number of thiophene rings is 1. The second-order valence-electron chi connectivity index (χ2n) is 4.41. The molecule has 2 atom stereocenters. The summed E-state index contributed by atoms with van der Waals surface area (Å²) in [6, 6.07) is 5.43. The quantitative estimate of drug-likeness (QED) is 0.737. The molecule has 0 aliphatic carbocycles. The summed E-state index contributed by atoms with van der Waals surface area (Å²) in [6.07, 6.45) is 1.21. The van der Waals surface area contributed by atoms with E-state index in [2.05, 4.69) is 55.5 Å². The Kier molecular flexibility index (Phi) is 6.03. The van der Waals surface area contributed by atoms with Crippen LogP contribution in [0.1, 0.15) is 38.1 Å². The Labute approximate surface area is 104 Å². The van der Waals surface area contributed by atoms with Gasteiger partial charge in [0.25, 0.3) is 0 Å². The van der Waals surface area contributed by atoms with Gasteiger partial charge in [-0.05, 0) is 45.3 Å². The summed E-state index contributed by atoms with van der Waals surface area (Å²) in [5, 5.41) is 5.63. The van der Waals surface area contributed by atoms with Gasteiger partial charge in [0.2, 0.25) is 0 Å². The molecule has 0 radical (unpaired) electrons.